The van der Waals surface area contributed by atoms with Crippen LogP contribution in [0.5, 0.6) is 0 Å². The number of halogens is 1. The van der Waals surface area contributed by atoms with Gasteiger partial charge in [0.15, 0.2) is 5.82 Å². The SMILES string of the molecule is Cc1nc2c3c(nc(=O)n2C)N2CC(C)N(C)CC2CCNc3c1F. The normalized spacial score (nSPS) is 23.8. The van der Waals surface area contributed by atoms with Crippen LogP contribution in [0.3, 0.4) is 0 Å². The van der Waals surface area contributed by atoms with Gasteiger partial charge >= 0.3 is 5.69 Å². The maximum atomic E-state index is 14.8. The summed E-state index contributed by atoms with van der Waals surface area (Å²) in [5.74, 6) is 0.187. The lowest BCUT2D eigenvalue weighted by molar-refractivity contribution is 0.196. The number of rotatable bonds is 0. The molecule has 0 bridgehead atoms. The number of nitrogens with zero attached hydrogens (tertiary/aromatic N) is 5. The van der Waals surface area contributed by atoms with Crippen molar-refractivity contribution in [1.29, 1.82) is 0 Å². The van der Waals surface area contributed by atoms with Crippen LogP contribution in [0.25, 0.3) is 11.0 Å². The molecule has 2 aromatic rings. The molecule has 4 heterocycles. The zero-order valence-corrected chi connectivity index (χ0v) is 15.0. The van der Waals surface area contributed by atoms with E-state index in [1.54, 1.807) is 14.0 Å². The van der Waals surface area contributed by atoms with Gasteiger partial charge in [0, 0.05) is 38.8 Å². The molecule has 2 atom stereocenters. The van der Waals surface area contributed by atoms with E-state index >= 15 is 0 Å². The monoisotopic (exact) mass is 346 g/mol. The molecule has 0 radical (unpaired) electrons. The Bertz CT molecular complexity index is 910. The van der Waals surface area contributed by atoms with Crippen molar-refractivity contribution in [2.75, 3.05) is 36.9 Å². The smallest absolute Gasteiger partial charge is 0.350 e. The van der Waals surface area contributed by atoms with Gasteiger partial charge in [-0.3, -0.25) is 9.47 Å². The summed E-state index contributed by atoms with van der Waals surface area (Å²) in [5.41, 5.74) is 0.804. The van der Waals surface area contributed by atoms with Gasteiger partial charge in [-0.25, -0.2) is 14.2 Å². The highest BCUT2D eigenvalue weighted by atomic mass is 19.1. The van der Waals surface area contributed by atoms with Crippen LogP contribution in [0, 0.1) is 12.7 Å². The van der Waals surface area contributed by atoms with Crippen LogP contribution in [-0.2, 0) is 7.05 Å². The van der Waals surface area contributed by atoms with Crippen molar-refractivity contribution in [2.45, 2.75) is 32.4 Å². The van der Waals surface area contributed by atoms with Crippen molar-refractivity contribution in [3.8, 4) is 0 Å². The van der Waals surface area contributed by atoms with Gasteiger partial charge in [0.05, 0.1) is 16.8 Å². The number of piperazine rings is 1. The van der Waals surface area contributed by atoms with Crippen LogP contribution < -0.4 is 15.9 Å². The number of aryl methyl sites for hydroxylation is 2. The molecule has 2 unspecified atom stereocenters. The van der Waals surface area contributed by atoms with E-state index in [0.717, 1.165) is 19.5 Å². The van der Waals surface area contributed by atoms with Crippen molar-refractivity contribution in [2.24, 2.45) is 7.05 Å². The van der Waals surface area contributed by atoms with Gasteiger partial charge in [-0.05, 0) is 27.3 Å². The summed E-state index contributed by atoms with van der Waals surface area (Å²) >= 11 is 0. The summed E-state index contributed by atoms with van der Waals surface area (Å²) in [4.78, 5) is 25.6. The van der Waals surface area contributed by atoms with E-state index in [-0.39, 0.29) is 23.2 Å². The molecule has 0 amide bonds. The summed E-state index contributed by atoms with van der Waals surface area (Å²) in [7, 11) is 3.74. The highest BCUT2D eigenvalue weighted by molar-refractivity contribution is 5.99. The zero-order valence-electron chi connectivity index (χ0n) is 15.0. The number of aromatic nitrogens is 3. The lowest BCUT2D eigenvalue weighted by Crippen LogP contribution is -2.57. The lowest BCUT2D eigenvalue weighted by atomic mass is 10.0. The Morgan fingerprint density at radius 1 is 1.24 bits per heavy atom. The highest BCUT2D eigenvalue weighted by Crippen LogP contribution is 2.36. The van der Waals surface area contributed by atoms with Crippen LogP contribution >= 0.6 is 0 Å². The van der Waals surface area contributed by atoms with Crippen LogP contribution in [-0.4, -0.2) is 58.2 Å². The number of nitrogens with one attached hydrogen (secondary N) is 1. The predicted octanol–water partition coefficient (Wildman–Crippen LogP) is 1.10. The third-order valence-corrected chi connectivity index (χ3v) is 5.52. The topological polar surface area (TPSA) is 66.3 Å². The van der Waals surface area contributed by atoms with Crippen molar-refractivity contribution < 1.29 is 4.39 Å². The Morgan fingerprint density at radius 3 is 2.76 bits per heavy atom. The first-order valence-electron chi connectivity index (χ1n) is 8.66. The van der Waals surface area contributed by atoms with E-state index in [0.29, 0.717) is 35.1 Å². The van der Waals surface area contributed by atoms with Gasteiger partial charge in [-0.15, -0.1) is 0 Å². The Hall–Kier alpha value is -2.22. The Kier molecular flexibility index (Phi) is 3.68. The van der Waals surface area contributed by atoms with Gasteiger partial charge in [-0.2, -0.15) is 4.98 Å². The number of likely N-dealkylation sites (N-methyl/N-ethyl adjacent to an activating group) is 1. The first kappa shape index (κ1) is 16.3. The molecule has 4 rings (SSSR count). The fourth-order valence-corrected chi connectivity index (χ4v) is 3.86. The first-order valence-corrected chi connectivity index (χ1v) is 8.66. The standard InChI is InChI=1S/C17H23FN6O/c1-9-7-24-11(8-22(9)3)5-6-19-14-12-15(20-10(2)13(14)18)23(4)17(25)21-16(12)24/h9,11,19H,5-8H2,1-4H3. The molecule has 1 N–H and O–H groups in total. The van der Waals surface area contributed by atoms with Crippen LogP contribution in [0.15, 0.2) is 4.79 Å². The number of hydrogen-bond donors (Lipinski definition) is 1. The maximum absolute atomic E-state index is 14.8. The van der Waals surface area contributed by atoms with E-state index in [9.17, 15) is 9.18 Å². The van der Waals surface area contributed by atoms with E-state index in [1.165, 1.54) is 4.57 Å². The summed E-state index contributed by atoms with van der Waals surface area (Å²) < 4.78 is 16.2. The van der Waals surface area contributed by atoms with Gasteiger partial charge in [0.2, 0.25) is 0 Å². The molecule has 2 aliphatic heterocycles. The number of anilines is 2. The summed E-state index contributed by atoms with van der Waals surface area (Å²) in [6, 6.07) is 0.560. The van der Waals surface area contributed by atoms with E-state index < -0.39 is 0 Å². The molecule has 2 aliphatic rings. The quantitative estimate of drug-likeness (QED) is 0.771. The van der Waals surface area contributed by atoms with Crippen LogP contribution in [0.2, 0.25) is 0 Å². The third kappa shape index (κ3) is 2.38. The average molecular weight is 346 g/mol. The van der Waals surface area contributed by atoms with Gasteiger partial charge in [-0.1, -0.05) is 0 Å². The number of fused-ring (bicyclic) bond motifs is 2. The second-order valence-corrected chi connectivity index (χ2v) is 7.17. The molecule has 1 saturated heterocycles. The molecule has 1 fully saturated rings. The third-order valence-electron chi connectivity index (χ3n) is 5.52. The lowest BCUT2D eigenvalue weighted by Gasteiger charge is -2.45. The highest BCUT2D eigenvalue weighted by Gasteiger charge is 2.34. The molecular weight excluding hydrogens is 323 g/mol. The minimum absolute atomic E-state index is 0.231. The maximum Gasteiger partial charge on any atom is 0.350 e. The average Bonchev–Trinajstić information content (AvgIpc) is 2.56. The summed E-state index contributed by atoms with van der Waals surface area (Å²) in [5, 5.41) is 3.83. The van der Waals surface area contributed by atoms with Crippen LogP contribution in [0.1, 0.15) is 19.0 Å². The fourth-order valence-electron chi connectivity index (χ4n) is 3.86. The molecule has 134 valence electrons. The minimum Gasteiger partial charge on any atom is -0.382 e. The number of pyridine rings is 1. The molecule has 7 nitrogen and oxygen atoms in total. The predicted molar refractivity (Wildman–Crippen MR) is 95.8 cm³/mol. The molecule has 2 aromatic heterocycles. The van der Waals surface area contributed by atoms with Gasteiger partial charge < -0.3 is 10.2 Å². The Labute approximate surface area is 145 Å². The van der Waals surface area contributed by atoms with Gasteiger partial charge in [0.25, 0.3) is 0 Å². The summed E-state index contributed by atoms with van der Waals surface area (Å²) in [6.07, 6.45) is 0.857. The molecular formula is C17H23FN6O. The van der Waals surface area contributed by atoms with E-state index in [4.69, 9.17) is 0 Å². The van der Waals surface area contributed by atoms with E-state index in [2.05, 4.69) is 39.1 Å². The fraction of sp³-hybridized carbons (Fsp3) is 0.588. The summed E-state index contributed by atoms with van der Waals surface area (Å²) in [6.45, 7) is 6.09. The second-order valence-electron chi connectivity index (χ2n) is 7.17. The minimum atomic E-state index is -0.366. The molecule has 0 saturated carbocycles. The Morgan fingerprint density at radius 2 is 2.00 bits per heavy atom. The van der Waals surface area contributed by atoms with Crippen molar-refractivity contribution in [3.63, 3.8) is 0 Å². The first-order chi connectivity index (χ1) is 11.9. The molecule has 0 aliphatic carbocycles. The zero-order chi connectivity index (χ0) is 17.9. The molecule has 25 heavy (non-hydrogen) atoms. The van der Waals surface area contributed by atoms with Crippen molar-refractivity contribution in [3.05, 3.63) is 22.0 Å². The van der Waals surface area contributed by atoms with E-state index in [1.807, 2.05) is 0 Å². The molecule has 8 heteroatoms. The van der Waals surface area contributed by atoms with Crippen molar-refractivity contribution >= 4 is 22.5 Å². The van der Waals surface area contributed by atoms with Crippen molar-refractivity contribution in [1.82, 2.24) is 19.4 Å². The van der Waals surface area contributed by atoms with Gasteiger partial charge in [0.1, 0.15) is 11.5 Å². The largest absolute Gasteiger partial charge is 0.382 e. The molecule has 0 spiro atoms. The van der Waals surface area contributed by atoms with Crippen LogP contribution in [0.4, 0.5) is 15.9 Å². The number of hydrogen-bond acceptors (Lipinski definition) is 6. The second kappa shape index (κ2) is 5.66. The molecule has 0 aromatic carbocycles. The Balaban J connectivity index is 2.05.